The van der Waals surface area contributed by atoms with E-state index in [1.807, 2.05) is 6.20 Å². The Bertz CT molecular complexity index is 521. The van der Waals surface area contributed by atoms with Crippen LogP contribution in [0.2, 0.25) is 0 Å². The lowest BCUT2D eigenvalue weighted by Gasteiger charge is -2.28. The number of fused-ring (bicyclic) bond motifs is 1. The van der Waals surface area contributed by atoms with Gasteiger partial charge in [0.2, 0.25) is 0 Å². The van der Waals surface area contributed by atoms with Gasteiger partial charge in [0.25, 0.3) is 0 Å². The van der Waals surface area contributed by atoms with E-state index >= 15 is 0 Å². The average molecular weight is 229 g/mol. The Labute approximate surface area is 102 Å². The summed E-state index contributed by atoms with van der Waals surface area (Å²) < 4.78 is 0. The predicted octanol–water partition coefficient (Wildman–Crippen LogP) is 2.93. The van der Waals surface area contributed by atoms with E-state index < -0.39 is 0 Å². The van der Waals surface area contributed by atoms with Gasteiger partial charge in [-0.05, 0) is 49.4 Å². The molecule has 17 heavy (non-hydrogen) atoms. The van der Waals surface area contributed by atoms with Gasteiger partial charge in [-0.1, -0.05) is 13.0 Å². The number of nitrogens with one attached hydrogen (secondary N) is 2. The fourth-order valence-electron chi connectivity index (χ4n) is 2.75. The van der Waals surface area contributed by atoms with Gasteiger partial charge in [0.05, 0.1) is 11.7 Å². The van der Waals surface area contributed by atoms with Crippen molar-refractivity contribution in [2.24, 2.45) is 5.92 Å². The molecule has 0 amide bonds. The van der Waals surface area contributed by atoms with Crippen molar-refractivity contribution in [3.05, 3.63) is 29.5 Å². The molecule has 1 aromatic heterocycles. The summed E-state index contributed by atoms with van der Waals surface area (Å²) in [5, 5.41) is 12.0. The molecule has 1 aromatic carbocycles. The molecule has 1 saturated heterocycles. The van der Waals surface area contributed by atoms with Crippen LogP contribution < -0.4 is 5.32 Å². The molecule has 0 radical (unpaired) electrons. The van der Waals surface area contributed by atoms with Crippen molar-refractivity contribution in [1.29, 1.82) is 0 Å². The Hall–Kier alpha value is -1.35. The van der Waals surface area contributed by atoms with E-state index in [-0.39, 0.29) is 0 Å². The van der Waals surface area contributed by atoms with Crippen LogP contribution in [-0.2, 0) is 0 Å². The first-order valence-electron chi connectivity index (χ1n) is 6.41. The number of benzene rings is 1. The summed E-state index contributed by atoms with van der Waals surface area (Å²) >= 11 is 0. The Morgan fingerprint density at radius 3 is 2.94 bits per heavy atom. The van der Waals surface area contributed by atoms with E-state index in [1.54, 1.807) is 0 Å². The SMILES string of the molecule is Cc1cc(C2CCC(C)CN2)cc2cn[nH]c12. The number of hydrogen-bond donors (Lipinski definition) is 2. The zero-order valence-electron chi connectivity index (χ0n) is 10.5. The molecule has 2 heterocycles. The van der Waals surface area contributed by atoms with Gasteiger partial charge in [-0.3, -0.25) is 5.10 Å². The maximum atomic E-state index is 4.12. The van der Waals surface area contributed by atoms with E-state index in [4.69, 9.17) is 0 Å². The largest absolute Gasteiger partial charge is 0.310 e. The third-order valence-electron chi connectivity index (χ3n) is 3.83. The third-order valence-corrected chi connectivity index (χ3v) is 3.83. The van der Waals surface area contributed by atoms with Crippen LogP contribution in [0.25, 0.3) is 10.9 Å². The van der Waals surface area contributed by atoms with Crippen LogP contribution in [0.15, 0.2) is 18.3 Å². The molecule has 2 unspecified atom stereocenters. The van der Waals surface area contributed by atoms with Crippen molar-refractivity contribution in [3.63, 3.8) is 0 Å². The summed E-state index contributed by atoms with van der Waals surface area (Å²) in [4.78, 5) is 0. The second-order valence-corrected chi connectivity index (χ2v) is 5.32. The van der Waals surface area contributed by atoms with Gasteiger partial charge < -0.3 is 5.32 Å². The maximum Gasteiger partial charge on any atom is 0.0679 e. The summed E-state index contributed by atoms with van der Waals surface area (Å²) in [6.45, 7) is 5.59. The van der Waals surface area contributed by atoms with Crippen LogP contribution in [0.4, 0.5) is 0 Å². The number of hydrogen-bond acceptors (Lipinski definition) is 2. The maximum absolute atomic E-state index is 4.12. The standard InChI is InChI=1S/C14H19N3/c1-9-3-4-13(15-7-9)11-5-10(2)14-12(6-11)8-16-17-14/h5-6,8-9,13,15H,3-4,7H2,1-2H3,(H,16,17). The highest BCUT2D eigenvalue weighted by molar-refractivity contribution is 5.82. The fourth-order valence-corrected chi connectivity index (χ4v) is 2.75. The minimum atomic E-state index is 0.518. The van der Waals surface area contributed by atoms with Crippen LogP contribution in [0.3, 0.4) is 0 Å². The zero-order chi connectivity index (χ0) is 11.8. The number of H-pyrrole nitrogens is 1. The molecular weight excluding hydrogens is 210 g/mol. The summed E-state index contributed by atoms with van der Waals surface area (Å²) in [6, 6.07) is 5.07. The molecule has 2 atom stereocenters. The first kappa shape index (κ1) is 10.8. The normalized spacial score (nSPS) is 25.3. The molecule has 2 aromatic rings. The van der Waals surface area contributed by atoms with Gasteiger partial charge >= 0.3 is 0 Å². The minimum Gasteiger partial charge on any atom is -0.310 e. The fraction of sp³-hybridized carbons (Fsp3) is 0.500. The highest BCUT2D eigenvalue weighted by Gasteiger charge is 2.19. The van der Waals surface area contributed by atoms with Gasteiger partial charge in [-0.2, -0.15) is 5.10 Å². The zero-order valence-corrected chi connectivity index (χ0v) is 10.5. The number of aromatic nitrogens is 2. The van der Waals surface area contributed by atoms with Crippen molar-refractivity contribution >= 4 is 10.9 Å². The van der Waals surface area contributed by atoms with E-state index in [2.05, 4.69) is 41.5 Å². The molecule has 0 saturated carbocycles. The van der Waals surface area contributed by atoms with E-state index in [1.165, 1.54) is 29.4 Å². The summed E-state index contributed by atoms with van der Waals surface area (Å²) in [5.41, 5.74) is 3.86. The Morgan fingerprint density at radius 1 is 1.29 bits per heavy atom. The van der Waals surface area contributed by atoms with Crippen LogP contribution >= 0.6 is 0 Å². The number of aromatic amines is 1. The number of rotatable bonds is 1. The number of aryl methyl sites for hydroxylation is 1. The highest BCUT2D eigenvalue weighted by Crippen LogP contribution is 2.28. The monoisotopic (exact) mass is 229 g/mol. The summed E-state index contributed by atoms with van der Waals surface area (Å²) in [5.74, 6) is 0.810. The molecule has 0 spiro atoms. The molecule has 0 aliphatic carbocycles. The van der Waals surface area contributed by atoms with Crippen molar-refractivity contribution in [2.75, 3.05) is 6.54 Å². The van der Waals surface area contributed by atoms with Gasteiger partial charge in [0.15, 0.2) is 0 Å². The van der Waals surface area contributed by atoms with Gasteiger partial charge in [-0.25, -0.2) is 0 Å². The lowest BCUT2D eigenvalue weighted by molar-refractivity contribution is 0.333. The highest BCUT2D eigenvalue weighted by atomic mass is 15.1. The summed E-state index contributed by atoms with van der Waals surface area (Å²) in [6.07, 6.45) is 4.47. The smallest absolute Gasteiger partial charge is 0.0679 e. The molecule has 1 fully saturated rings. The van der Waals surface area contributed by atoms with Crippen LogP contribution in [0.1, 0.15) is 36.9 Å². The van der Waals surface area contributed by atoms with Gasteiger partial charge in [0, 0.05) is 11.4 Å². The van der Waals surface area contributed by atoms with Gasteiger partial charge in [0.1, 0.15) is 0 Å². The lowest BCUT2D eigenvalue weighted by Crippen LogP contribution is -2.31. The van der Waals surface area contributed by atoms with Gasteiger partial charge in [-0.15, -0.1) is 0 Å². The lowest BCUT2D eigenvalue weighted by atomic mass is 9.91. The molecule has 3 heteroatoms. The van der Waals surface area contributed by atoms with E-state index in [9.17, 15) is 0 Å². The summed E-state index contributed by atoms with van der Waals surface area (Å²) in [7, 11) is 0. The van der Waals surface area contributed by atoms with Crippen molar-refractivity contribution in [3.8, 4) is 0 Å². The Balaban J connectivity index is 1.94. The average Bonchev–Trinajstić information content (AvgIpc) is 2.78. The quantitative estimate of drug-likeness (QED) is 0.789. The minimum absolute atomic E-state index is 0.518. The molecule has 3 nitrogen and oxygen atoms in total. The molecule has 90 valence electrons. The first-order valence-corrected chi connectivity index (χ1v) is 6.41. The van der Waals surface area contributed by atoms with E-state index in [0.29, 0.717) is 6.04 Å². The number of piperidine rings is 1. The molecular formula is C14H19N3. The van der Waals surface area contributed by atoms with E-state index in [0.717, 1.165) is 18.0 Å². The second-order valence-electron chi connectivity index (χ2n) is 5.32. The number of nitrogens with zero attached hydrogens (tertiary/aromatic N) is 1. The topological polar surface area (TPSA) is 40.7 Å². The molecule has 2 N–H and O–H groups in total. The van der Waals surface area contributed by atoms with Crippen LogP contribution in [0.5, 0.6) is 0 Å². The Morgan fingerprint density at radius 2 is 2.18 bits per heavy atom. The third kappa shape index (κ3) is 1.95. The first-order chi connectivity index (χ1) is 8.24. The Kier molecular flexibility index (Phi) is 2.63. The van der Waals surface area contributed by atoms with Crippen molar-refractivity contribution in [2.45, 2.75) is 32.7 Å². The van der Waals surface area contributed by atoms with Crippen LogP contribution in [0, 0.1) is 12.8 Å². The second kappa shape index (κ2) is 4.15. The molecule has 0 bridgehead atoms. The molecule has 3 rings (SSSR count). The van der Waals surface area contributed by atoms with Crippen molar-refractivity contribution < 1.29 is 0 Å². The molecule has 1 aliphatic heterocycles. The molecule has 1 aliphatic rings. The van der Waals surface area contributed by atoms with Crippen molar-refractivity contribution in [1.82, 2.24) is 15.5 Å². The van der Waals surface area contributed by atoms with Crippen LogP contribution in [-0.4, -0.2) is 16.7 Å². The predicted molar refractivity (Wildman–Crippen MR) is 70.0 cm³/mol.